The fourth-order valence-corrected chi connectivity index (χ4v) is 4.46. The van der Waals surface area contributed by atoms with Crippen molar-refractivity contribution >= 4 is 28.5 Å². The van der Waals surface area contributed by atoms with Crippen molar-refractivity contribution in [3.05, 3.63) is 41.1 Å². The second-order valence-electron chi connectivity index (χ2n) is 6.11. The molecule has 0 bridgehead atoms. The first-order valence-corrected chi connectivity index (χ1v) is 8.67. The van der Waals surface area contributed by atoms with Crippen molar-refractivity contribution in [2.45, 2.75) is 35.4 Å². The van der Waals surface area contributed by atoms with E-state index in [1.54, 1.807) is 0 Å². The lowest BCUT2D eigenvalue weighted by molar-refractivity contribution is 0.753. The van der Waals surface area contributed by atoms with Crippen molar-refractivity contribution < 1.29 is 0 Å². The Bertz CT molecular complexity index is 880. The molecule has 3 aromatic rings. The lowest BCUT2D eigenvalue weighted by Crippen LogP contribution is -2.16. The van der Waals surface area contributed by atoms with Crippen molar-refractivity contribution in [2.24, 2.45) is 7.05 Å². The van der Waals surface area contributed by atoms with Crippen molar-refractivity contribution in [1.29, 1.82) is 0 Å². The van der Waals surface area contributed by atoms with Gasteiger partial charge in [0.25, 0.3) is 5.56 Å². The van der Waals surface area contributed by atoms with Gasteiger partial charge < -0.3 is 9.88 Å². The van der Waals surface area contributed by atoms with E-state index in [0.29, 0.717) is 11.3 Å². The van der Waals surface area contributed by atoms with Crippen LogP contribution in [0.1, 0.15) is 19.3 Å². The van der Waals surface area contributed by atoms with Gasteiger partial charge in [0.1, 0.15) is 5.82 Å². The Morgan fingerprint density at radius 3 is 3.09 bits per heavy atom. The van der Waals surface area contributed by atoms with E-state index in [0.717, 1.165) is 29.6 Å². The number of hydrogen-bond acceptors (Lipinski definition) is 4. The maximum atomic E-state index is 11.5. The lowest BCUT2D eigenvalue weighted by Gasteiger charge is -2.12. The first-order valence-electron chi connectivity index (χ1n) is 7.79. The van der Waals surface area contributed by atoms with Crippen molar-refractivity contribution in [3.8, 4) is 0 Å². The second kappa shape index (κ2) is 5.81. The molecule has 3 N–H and O–H groups in total. The smallest absolute Gasteiger partial charge is 0.271 e. The van der Waals surface area contributed by atoms with E-state index in [2.05, 4.69) is 26.6 Å². The number of thioether (sulfide) groups is 1. The highest BCUT2D eigenvalue weighted by molar-refractivity contribution is 8.00. The normalized spacial score (nSPS) is 21.1. The van der Waals surface area contributed by atoms with Crippen molar-refractivity contribution in [2.75, 3.05) is 5.32 Å². The highest BCUT2D eigenvalue weighted by Crippen LogP contribution is 2.36. The zero-order chi connectivity index (χ0) is 15.8. The molecule has 0 saturated heterocycles. The van der Waals surface area contributed by atoms with Crippen LogP contribution in [0, 0.1) is 0 Å². The van der Waals surface area contributed by atoms with Gasteiger partial charge in [0.2, 0.25) is 0 Å². The Kier molecular flexibility index (Phi) is 3.65. The molecule has 0 radical (unpaired) electrons. The summed E-state index contributed by atoms with van der Waals surface area (Å²) in [6, 6.07) is 6.47. The van der Waals surface area contributed by atoms with Crippen LogP contribution in [0.3, 0.4) is 0 Å². The van der Waals surface area contributed by atoms with Gasteiger partial charge in [-0.25, -0.2) is 4.98 Å². The van der Waals surface area contributed by atoms with E-state index in [9.17, 15) is 4.79 Å². The van der Waals surface area contributed by atoms with Crippen LogP contribution in [-0.2, 0) is 7.05 Å². The molecule has 2 unspecified atom stereocenters. The number of aryl methyl sites for hydroxylation is 1. The molecule has 23 heavy (non-hydrogen) atoms. The molecule has 1 aromatic carbocycles. The van der Waals surface area contributed by atoms with Crippen molar-refractivity contribution in [1.82, 2.24) is 19.7 Å². The molecule has 2 atom stereocenters. The van der Waals surface area contributed by atoms with Gasteiger partial charge in [0, 0.05) is 29.4 Å². The minimum atomic E-state index is -0.0583. The largest absolute Gasteiger partial charge is 0.366 e. The number of aromatic amines is 2. The molecule has 0 amide bonds. The maximum absolute atomic E-state index is 11.5. The minimum Gasteiger partial charge on any atom is -0.366 e. The van der Waals surface area contributed by atoms with Gasteiger partial charge in [0.15, 0.2) is 0 Å². The highest BCUT2D eigenvalue weighted by Gasteiger charge is 2.25. The van der Waals surface area contributed by atoms with E-state index in [-0.39, 0.29) is 5.56 Å². The summed E-state index contributed by atoms with van der Waals surface area (Å²) in [5, 5.41) is 10.4. The predicted octanol–water partition coefficient (Wildman–Crippen LogP) is 2.72. The molecule has 1 aliphatic rings. The molecule has 6 nitrogen and oxygen atoms in total. The first kappa shape index (κ1) is 14.4. The number of anilines is 1. The van der Waals surface area contributed by atoms with Gasteiger partial charge >= 0.3 is 0 Å². The number of imidazole rings is 1. The molecule has 0 spiro atoms. The predicted molar refractivity (Wildman–Crippen MR) is 93.0 cm³/mol. The van der Waals surface area contributed by atoms with Gasteiger partial charge in [-0.2, -0.15) is 0 Å². The van der Waals surface area contributed by atoms with E-state index < -0.39 is 0 Å². The van der Waals surface area contributed by atoms with E-state index in [1.807, 2.05) is 48.0 Å². The fraction of sp³-hybridized carbons (Fsp3) is 0.375. The summed E-state index contributed by atoms with van der Waals surface area (Å²) in [6.45, 7) is 0. The van der Waals surface area contributed by atoms with Gasteiger partial charge in [-0.1, -0.05) is 0 Å². The molecule has 7 heteroatoms. The number of H-pyrrole nitrogens is 2. The Balaban J connectivity index is 1.40. The number of nitrogens with one attached hydrogen (secondary N) is 3. The van der Waals surface area contributed by atoms with E-state index in [1.165, 1.54) is 11.3 Å². The number of fused-ring (bicyclic) bond motifs is 1. The Labute approximate surface area is 137 Å². The molecule has 1 saturated carbocycles. The van der Waals surface area contributed by atoms with Crippen LogP contribution in [0.5, 0.6) is 0 Å². The quantitative estimate of drug-likeness (QED) is 0.688. The van der Waals surface area contributed by atoms with Crippen LogP contribution in [-0.4, -0.2) is 31.0 Å². The number of hydrogen-bond donors (Lipinski definition) is 3. The monoisotopic (exact) mass is 329 g/mol. The second-order valence-corrected chi connectivity index (χ2v) is 7.48. The standard InChI is InChI=1S/C16H19N5OS/c1-21-8-15(17-9-21)18-10-2-3-11(6-10)23-12-4-5-13-14(7-12)19-20-16(13)22/h4-5,7-11,18H,2-3,6H2,1H3,(H2,19,20,22). The topological polar surface area (TPSA) is 78.5 Å². The third-order valence-corrected chi connectivity index (χ3v) is 5.58. The molecule has 1 aliphatic carbocycles. The lowest BCUT2D eigenvalue weighted by atomic mass is 10.2. The number of rotatable bonds is 4. The summed E-state index contributed by atoms with van der Waals surface area (Å²) in [6.07, 6.45) is 7.31. The SMILES string of the molecule is Cn1cnc(NC2CCC(Sc3ccc4c(=O)[nH][nH]c4c3)C2)c1. The molecule has 2 heterocycles. The van der Waals surface area contributed by atoms with Crippen LogP contribution >= 0.6 is 11.8 Å². The van der Waals surface area contributed by atoms with Crippen LogP contribution in [0.2, 0.25) is 0 Å². The van der Waals surface area contributed by atoms with Gasteiger partial charge in [0.05, 0.1) is 17.2 Å². The number of nitrogens with zero attached hydrogens (tertiary/aromatic N) is 2. The fourth-order valence-electron chi connectivity index (χ4n) is 3.16. The van der Waals surface area contributed by atoms with Gasteiger partial charge in [-0.05, 0) is 37.5 Å². The Morgan fingerprint density at radius 2 is 2.26 bits per heavy atom. The van der Waals surface area contributed by atoms with Crippen LogP contribution in [0.4, 0.5) is 5.82 Å². The van der Waals surface area contributed by atoms with Crippen LogP contribution in [0.25, 0.3) is 10.9 Å². The molecule has 120 valence electrons. The summed E-state index contributed by atoms with van der Waals surface area (Å²) in [7, 11) is 1.98. The Morgan fingerprint density at radius 1 is 1.35 bits per heavy atom. The summed E-state index contributed by atoms with van der Waals surface area (Å²) in [5.41, 5.74) is 0.818. The molecule has 1 fully saturated rings. The average Bonchev–Trinajstić information content (AvgIpc) is 3.23. The molecular formula is C16H19N5OS. The molecular weight excluding hydrogens is 310 g/mol. The summed E-state index contributed by atoms with van der Waals surface area (Å²) < 4.78 is 1.95. The summed E-state index contributed by atoms with van der Waals surface area (Å²) in [4.78, 5) is 17.1. The minimum absolute atomic E-state index is 0.0583. The summed E-state index contributed by atoms with van der Waals surface area (Å²) >= 11 is 1.89. The zero-order valence-corrected chi connectivity index (χ0v) is 13.7. The van der Waals surface area contributed by atoms with E-state index in [4.69, 9.17) is 0 Å². The molecule has 2 aromatic heterocycles. The first-order chi connectivity index (χ1) is 11.2. The van der Waals surface area contributed by atoms with Crippen LogP contribution in [0.15, 0.2) is 40.4 Å². The summed E-state index contributed by atoms with van der Waals surface area (Å²) in [5.74, 6) is 0.953. The zero-order valence-electron chi connectivity index (χ0n) is 12.9. The van der Waals surface area contributed by atoms with Gasteiger partial charge in [-0.15, -0.1) is 11.8 Å². The third kappa shape index (κ3) is 3.01. The molecule has 0 aliphatic heterocycles. The van der Waals surface area contributed by atoms with Crippen molar-refractivity contribution in [3.63, 3.8) is 0 Å². The highest BCUT2D eigenvalue weighted by atomic mass is 32.2. The maximum Gasteiger partial charge on any atom is 0.271 e. The van der Waals surface area contributed by atoms with Gasteiger partial charge in [-0.3, -0.25) is 15.0 Å². The Hall–Kier alpha value is -2.15. The van der Waals surface area contributed by atoms with E-state index >= 15 is 0 Å². The number of aromatic nitrogens is 4. The third-order valence-electron chi connectivity index (χ3n) is 4.29. The molecule has 4 rings (SSSR count). The number of benzene rings is 1. The van der Waals surface area contributed by atoms with Crippen LogP contribution < -0.4 is 10.9 Å². The average molecular weight is 329 g/mol.